The first-order chi connectivity index (χ1) is 12.8. The van der Waals surface area contributed by atoms with Gasteiger partial charge in [-0.15, -0.1) is 0 Å². The third kappa shape index (κ3) is 4.19. The first-order valence-corrected chi connectivity index (χ1v) is 9.05. The Kier molecular flexibility index (Phi) is 6.19. The average molecular weight is 340 g/mol. The molecule has 130 valence electrons. The van der Waals surface area contributed by atoms with Crippen molar-refractivity contribution in [2.45, 2.75) is 13.3 Å². The molecule has 0 unspecified atom stereocenters. The minimum atomic E-state index is 0.0604. The van der Waals surface area contributed by atoms with Gasteiger partial charge in [-0.3, -0.25) is 0 Å². The highest BCUT2D eigenvalue weighted by Gasteiger charge is 2.12. The number of aliphatic hydroxyl groups is 1. The van der Waals surface area contributed by atoms with Crippen LogP contribution >= 0.6 is 0 Å². The van der Waals surface area contributed by atoms with Crippen LogP contribution in [-0.4, -0.2) is 11.7 Å². The van der Waals surface area contributed by atoms with Gasteiger partial charge in [-0.25, -0.2) is 0 Å². The standard InChI is InChI=1S/C25H24O/c1-2-24(21-11-5-3-6-12-21)25(22-13-7-4-8-14-22)23-17-15-20(16-18-23)10-9-19-26/h3-18,26H,2,19H2,1H3/b10-9+,25-24-. The number of allylic oxidation sites excluding steroid dienone is 1. The molecule has 0 spiro atoms. The molecule has 0 heterocycles. The summed E-state index contributed by atoms with van der Waals surface area (Å²) < 4.78 is 0. The van der Waals surface area contributed by atoms with Crippen molar-refractivity contribution in [1.82, 2.24) is 0 Å². The fourth-order valence-corrected chi connectivity index (χ4v) is 3.23. The Morgan fingerprint density at radius 3 is 1.81 bits per heavy atom. The van der Waals surface area contributed by atoms with Gasteiger partial charge >= 0.3 is 0 Å². The Bertz CT molecular complexity index is 872. The highest BCUT2D eigenvalue weighted by molar-refractivity contribution is 5.98. The molecule has 3 aromatic rings. The normalized spacial score (nSPS) is 12.2. The third-order valence-electron chi connectivity index (χ3n) is 4.46. The summed E-state index contributed by atoms with van der Waals surface area (Å²) in [4.78, 5) is 0. The molecular weight excluding hydrogens is 316 g/mol. The summed E-state index contributed by atoms with van der Waals surface area (Å²) in [6, 6.07) is 29.7. The van der Waals surface area contributed by atoms with Crippen molar-refractivity contribution in [3.63, 3.8) is 0 Å². The average Bonchev–Trinajstić information content (AvgIpc) is 2.72. The maximum Gasteiger partial charge on any atom is 0.0615 e. The SMILES string of the molecule is CC/C(=C(\c1ccccc1)c1ccc(/C=C/CO)cc1)c1ccccc1. The van der Waals surface area contributed by atoms with Crippen LogP contribution in [0.4, 0.5) is 0 Å². The second-order valence-corrected chi connectivity index (χ2v) is 6.15. The molecule has 1 heteroatoms. The summed E-state index contributed by atoms with van der Waals surface area (Å²) in [5.41, 5.74) is 7.41. The molecule has 0 saturated carbocycles. The molecule has 0 bridgehead atoms. The lowest BCUT2D eigenvalue weighted by Crippen LogP contribution is -1.95. The molecule has 1 N–H and O–H groups in total. The van der Waals surface area contributed by atoms with E-state index < -0.39 is 0 Å². The van der Waals surface area contributed by atoms with E-state index >= 15 is 0 Å². The van der Waals surface area contributed by atoms with Crippen LogP contribution in [0.5, 0.6) is 0 Å². The van der Waals surface area contributed by atoms with Crippen molar-refractivity contribution in [2.24, 2.45) is 0 Å². The molecule has 0 aliphatic heterocycles. The molecule has 0 amide bonds. The summed E-state index contributed by atoms with van der Waals surface area (Å²) in [6.45, 7) is 2.27. The van der Waals surface area contributed by atoms with Crippen molar-refractivity contribution >= 4 is 17.2 Å². The van der Waals surface area contributed by atoms with E-state index in [1.807, 2.05) is 6.08 Å². The van der Waals surface area contributed by atoms with E-state index in [-0.39, 0.29) is 6.61 Å². The first-order valence-electron chi connectivity index (χ1n) is 9.05. The van der Waals surface area contributed by atoms with E-state index in [4.69, 9.17) is 5.11 Å². The quantitative estimate of drug-likeness (QED) is 0.541. The molecule has 26 heavy (non-hydrogen) atoms. The van der Waals surface area contributed by atoms with Gasteiger partial charge < -0.3 is 5.11 Å². The summed E-state index contributed by atoms with van der Waals surface area (Å²) in [6.07, 6.45) is 4.65. The van der Waals surface area contributed by atoms with Crippen LogP contribution in [0.25, 0.3) is 17.2 Å². The van der Waals surface area contributed by atoms with Gasteiger partial charge in [0.2, 0.25) is 0 Å². The van der Waals surface area contributed by atoms with Gasteiger partial charge in [-0.05, 0) is 39.8 Å². The zero-order chi connectivity index (χ0) is 18.2. The van der Waals surface area contributed by atoms with Gasteiger partial charge in [0, 0.05) is 0 Å². The van der Waals surface area contributed by atoms with Crippen LogP contribution in [0.3, 0.4) is 0 Å². The van der Waals surface area contributed by atoms with Crippen LogP contribution in [0.2, 0.25) is 0 Å². The number of benzene rings is 3. The van der Waals surface area contributed by atoms with Crippen LogP contribution in [0.15, 0.2) is 91.0 Å². The Morgan fingerprint density at radius 2 is 1.27 bits per heavy atom. The molecule has 0 aromatic heterocycles. The second kappa shape index (κ2) is 8.98. The molecule has 1 nitrogen and oxygen atoms in total. The van der Waals surface area contributed by atoms with E-state index in [2.05, 4.69) is 91.9 Å². The monoisotopic (exact) mass is 340 g/mol. The zero-order valence-electron chi connectivity index (χ0n) is 15.1. The zero-order valence-corrected chi connectivity index (χ0v) is 15.1. The van der Waals surface area contributed by atoms with E-state index in [1.54, 1.807) is 6.08 Å². The van der Waals surface area contributed by atoms with Crippen molar-refractivity contribution in [1.29, 1.82) is 0 Å². The molecule has 0 atom stereocenters. The highest BCUT2D eigenvalue weighted by atomic mass is 16.2. The summed E-state index contributed by atoms with van der Waals surface area (Å²) in [7, 11) is 0. The molecule has 0 aliphatic carbocycles. The smallest absolute Gasteiger partial charge is 0.0615 e. The number of hydrogen-bond donors (Lipinski definition) is 1. The topological polar surface area (TPSA) is 20.2 Å². The van der Waals surface area contributed by atoms with E-state index in [0.29, 0.717) is 0 Å². The molecule has 3 rings (SSSR count). The van der Waals surface area contributed by atoms with E-state index in [0.717, 1.165) is 12.0 Å². The molecule has 0 radical (unpaired) electrons. The summed E-state index contributed by atoms with van der Waals surface area (Å²) >= 11 is 0. The molecule has 0 aliphatic rings. The van der Waals surface area contributed by atoms with E-state index in [1.165, 1.54) is 27.8 Å². The Morgan fingerprint density at radius 1 is 0.731 bits per heavy atom. The van der Waals surface area contributed by atoms with Gasteiger partial charge in [0.1, 0.15) is 0 Å². The van der Waals surface area contributed by atoms with Gasteiger partial charge in [-0.2, -0.15) is 0 Å². The second-order valence-electron chi connectivity index (χ2n) is 6.15. The maximum atomic E-state index is 8.96. The van der Waals surface area contributed by atoms with Crippen LogP contribution in [0.1, 0.15) is 35.6 Å². The lowest BCUT2D eigenvalue weighted by molar-refractivity contribution is 0.343. The largest absolute Gasteiger partial charge is 0.392 e. The lowest BCUT2D eigenvalue weighted by atomic mass is 9.88. The summed E-state index contributed by atoms with van der Waals surface area (Å²) in [5.74, 6) is 0. The molecule has 0 saturated heterocycles. The fraction of sp³-hybridized carbons (Fsp3) is 0.120. The minimum absolute atomic E-state index is 0.0604. The number of rotatable bonds is 6. The van der Waals surface area contributed by atoms with Crippen molar-refractivity contribution in [3.8, 4) is 0 Å². The fourth-order valence-electron chi connectivity index (χ4n) is 3.23. The van der Waals surface area contributed by atoms with Crippen LogP contribution < -0.4 is 0 Å². The van der Waals surface area contributed by atoms with Crippen molar-refractivity contribution in [3.05, 3.63) is 113 Å². The van der Waals surface area contributed by atoms with Crippen LogP contribution in [-0.2, 0) is 0 Å². The Balaban J connectivity index is 2.16. The first kappa shape index (κ1) is 17.9. The Hall–Kier alpha value is -2.90. The number of hydrogen-bond acceptors (Lipinski definition) is 1. The predicted octanol–water partition coefficient (Wildman–Crippen LogP) is 6.06. The maximum absolute atomic E-state index is 8.96. The third-order valence-corrected chi connectivity index (χ3v) is 4.46. The van der Waals surface area contributed by atoms with Gasteiger partial charge in [0.15, 0.2) is 0 Å². The minimum Gasteiger partial charge on any atom is -0.392 e. The molecule has 3 aromatic carbocycles. The molecular formula is C25H24O. The van der Waals surface area contributed by atoms with Crippen molar-refractivity contribution < 1.29 is 5.11 Å². The van der Waals surface area contributed by atoms with Crippen LogP contribution in [0, 0.1) is 0 Å². The van der Waals surface area contributed by atoms with Crippen molar-refractivity contribution in [2.75, 3.05) is 6.61 Å². The predicted molar refractivity (Wildman–Crippen MR) is 112 cm³/mol. The van der Waals surface area contributed by atoms with Gasteiger partial charge in [0.05, 0.1) is 6.61 Å². The summed E-state index contributed by atoms with van der Waals surface area (Å²) in [5, 5.41) is 8.96. The molecule has 0 fully saturated rings. The van der Waals surface area contributed by atoms with Gasteiger partial charge in [-0.1, -0.05) is 104 Å². The lowest BCUT2D eigenvalue weighted by Gasteiger charge is -2.16. The highest BCUT2D eigenvalue weighted by Crippen LogP contribution is 2.34. The number of aliphatic hydroxyl groups excluding tert-OH is 1. The van der Waals surface area contributed by atoms with Gasteiger partial charge in [0.25, 0.3) is 0 Å². The Labute approximate surface area is 156 Å². The van der Waals surface area contributed by atoms with E-state index in [9.17, 15) is 0 Å².